The third-order valence-electron chi connectivity index (χ3n) is 4.46. The average Bonchev–Trinajstić information content (AvgIpc) is 3.01. The van der Waals surface area contributed by atoms with Gasteiger partial charge in [0.05, 0.1) is 18.6 Å². The molecule has 5 nitrogen and oxygen atoms in total. The minimum atomic E-state index is -0.403. The number of thioether (sulfide) groups is 1. The molecule has 0 unspecified atom stereocenters. The van der Waals surface area contributed by atoms with E-state index in [4.69, 9.17) is 27.5 Å². The number of carbonyl (C=O) groups excluding carboxylic acids is 2. The summed E-state index contributed by atoms with van der Waals surface area (Å²) in [4.78, 5) is 25.8. The van der Waals surface area contributed by atoms with Crippen molar-refractivity contribution in [2.45, 2.75) is 13.0 Å². The number of terminal acetylenes is 1. The molecule has 0 spiro atoms. The zero-order valence-electron chi connectivity index (χ0n) is 16.9. The Hall–Kier alpha value is -3.14. The molecule has 3 rings (SSSR count). The topological polar surface area (TPSA) is 55.8 Å². The Balaban J connectivity index is 1.91. The average molecular weight is 454 g/mol. The summed E-state index contributed by atoms with van der Waals surface area (Å²) in [5.41, 5.74) is 2.51. The first-order valence-corrected chi connectivity index (χ1v) is 10.5. The van der Waals surface area contributed by atoms with Gasteiger partial charge in [-0.15, -0.1) is 13.0 Å². The predicted molar refractivity (Wildman–Crippen MR) is 124 cm³/mol. The molecular weight excluding hydrogens is 434 g/mol. The monoisotopic (exact) mass is 453 g/mol. The first kappa shape index (κ1) is 22.5. The molecule has 1 heterocycles. The number of allylic oxidation sites excluding steroid dienone is 1. The largest absolute Gasteiger partial charge is 0.493 e. The van der Waals surface area contributed by atoms with Gasteiger partial charge in [0.15, 0.2) is 11.5 Å². The molecule has 0 bridgehead atoms. The summed E-state index contributed by atoms with van der Waals surface area (Å²) in [5.74, 6) is 3.03. The van der Waals surface area contributed by atoms with E-state index in [1.165, 1.54) is 0 Å². The van der Waals surface area contributed by atoms with Crippen LogP contribution in [0, 0.1) is 12.3 Å². The second-order valence-corrected chi connectivity index (χ2v) is 8.02. The molecule has 31 heavy (non-hydrogen) atoms. The zero-order valence-corrected chi connectivity index (χ0v) is 18.5. The van der Waals surface area contributed by atoms with Crippen LogP contribution in [0.1, 0.15) is 16.7 Å². The number of methoxy groups -OCH3 is 1. The van der Waals surface area contributed by atoms with Gasteiger partial charge in [0.2, 0.25) is 0 Å². The lowest BCUT2D eigenvalue weighted by atomic mass is 10.0. The molecule has 0 aromatic heterocycles. The second kappa shape index (κ2) is 10.3. The Kier molecular flexibility index (Phi) is 7.45. The van der Waals surface area contributed by atoms with Gasteiger partial charge in [-0.05, 0) is 59.7 Å². The van der Waals surface area contributed by atoms with Gasteiger partial charge in [-0.3, -0.25) is 14.5 Å². The van der Waals surface area contributed by atoms with Crippen molar-refractivity contribution in [1.82, 2.24) is 4.90 Å². The maximum absolute atomic E-state index is 12.5. The quantitative estimate of drug-likeness (QED) is 0.307. The fourth-order valence-electron chi connectivity index (χ4n) is 3.00. The highest BCUT2D eigenvalue weighted by Gasteiger charge is 2.34. The summed E-state index contributed by atoms with van der Waals surface area (Å²) in [6.07, 6.45) is 9.19. The van der Waals surface area contributed by atoms with Crippen LogP contribution in [0.15, 0.2) is 54.0 Å². The molecule has 0 radical (unpaired) electrons. The van der Waals surface area contributed by atoms with E-state index in [0.717, 1.165) is 27.8 Å². The van der Waals surface area contributed by atoms with Crippen molar-refractivity contribution < 1.29 is 19.1 Å². The van der Waals surface area contributed by atoms with Gasteiger partial charge < -0.3 is 9.47 Å². The van der Waals surface area contributed by atoms with E-state index in [0.29, 0.717) is 40.0 Å². The molecule has 0 atom stereocenters. The molecular formula is C24H20ClNO4S. The third kappa shape index (κ3) is 5.32. The molecule has 1 saturated heterocycles. The molecule has 0 saturated carbocycles. The number of ether oxygens (including phenoxy) is 2. The normalized spacial score (nSPS) is 14.6. The van der Waals surface area contributed by atoms with Crippen molar-refractivity contribution in [3.05, 3.63) is 75.7 Å². The van der Waals surface area contributed by atoms with Gasteiger partial charge >= 0.3 is 0 Å². The van der Waals surface area contributed by atoms with Gasteiger partial charge in [-0.2, -0.15) is 0 Å². The van der Waals surface area contributed by atoms with Crippen molar-refractivity contribution in [2.75, 3.05) is 13.7 Å². The number of rotatable bonds is 8. The number of nitrogens with zero attached hydrogens (tertiary/aromatic N) is 1. The van der Waals surface area contributed by atoms with Crippen LogP contribution in [0.25, 0.3) is 6.08 Å². The zero-order chi connectivity index (χ0) is 22.4. The number of hydrogen-bond acceptors (Lipinski definition) is 5. The Labute approximate surface area is 190 Å². The summed E-state index contributed by atoms with van der Waals surface area (Å²) in [7, 11) is 1.55. The summed E-state index contributed by atoms with van der Waals surface area (Å²) < 4.78 is 11.6. The van der Waals surface area contributed by atoms with Gasteiger partial charge in [-0.1, -0.05) is 35.7 Å². The van der Waals surface area contributed by atoms with Crippen molar-refractivity contribution in [3.8, 4) is 23.8 Å². The van der Waals surface area contributed by atoms with Crippen LogP contribution >= 0.6 is 23.4 Å². The highest BCUT2D eigenvalue weighted by Crippen LogP contribution is 2.37. The number of halogens is 1. The summed E-state index contributed by atoms with van der Waals surface area (Å²) in [6, 6.07) is 11.0. The van der Waals surface area contributed by atoms with E-state index >= 15 is 0 Å². The minimum absolute atomic E-state index is 0.0511. The number of carbonyl (C=O) groups is 2. The maximum Gasteiger partial charge on any atom is 0.294 e. The second-order valence-electron chi connectivity index (χ2n) is 6.59. The van der Waals surface area contributed by atoms with Crippen LogP contribution in [0.4, 0.5) is 4.79 Å². The number of benzene rings is 2. The fourth-order valence-corrected chi connectivity index (χ4v) is 3.97. The lowest BCUT2D eigenvalue weighted by Gasteiger charge is -2.16. The highest BCUT2D eigenvalue weighted by molar-refractivity contribution is 8.18. The smallest absolute Gasteiger partial charge is 0.294 e. The van der Waals surface area contributed by atoms with Crippen LogP contribution in [-0.4, -0.2) is 29.7 Å². The van der Waals surface area contributed by atoms with Crippen LogP contribution in [0.3, 0.4) is 0 Å². The SMILES string of the molecule is C#CCN1C(=O)S/C(=C\c2cc(CC=C)c(OCc3ccc(Cl)cc3)c(OC)c2)C1=O. The van der Waals surface area contributed by atoms with E-state index in [1.54, 1.807) is 37.5 Å². The molecule has 1 aliphatic rings. The van der Waals surface area contributed by atoms with Gasteiger partial charge in [-0.25, -0.2) is 0 Å². The van der Waals surface area contributed by atoms with Crippen molar-refractivity contribution in [3.63, 3.8) is 0 Å². The molecule has 1 aliphatic heterocycles. The van der Waals surface area contributed by atoms with Crippen molar-refractivity contribution >= 4 is 40.6 Å². The Bertz CT molecular complexity index is 1090. The van der Waals surface area contributed by atoms with E-state index < -0.39 is 5.91 Å². The summed E-state index contributed by atoms with van der Waals surface area (Å²) in [6.45, 7) is 4.10. The highest BCUT2D eigenvalue weighted by atomic mass is 35.5. The molecule has 0 N–H and O–H groups in total. The third-order valence-corrected chi connectivity index (χ3v) is 5.61. The molecule has 2 aromatic carbocycles. The van der Waals surface area contributed by atoms with Crippen LogP contribution < -0.4 is 9.47 Å². The maximum atomic E-state index is 12.5. The Morgan fingerprint density at radius 3 is 2.65 bits per heavy atom. The van der Waals surface area contributed by atoms with E-state index in [2.05, 4.69) is 12.5 Å². The molecule has 1 fully saturated rings. The molecule has 2 amide bonds. The van der Waals surface area contributed by atoms with Crippen LogP contribution in [0.2, 0.25) is 5.02 Å². The Morgan fingerprint density at radius 1 is 1.26 bits per heavy atom. The first-order valence-electron chi connectivity index (χ1n) is 9.34. The minimum Gasteiger partial charge on any atom is -0.493 e. The predicted octanol–water partition coefficient (Wildman–Crippen LogP) is 5.33. The van der Waals surface area contributed by atoms with Crippen LogP contribution in [-0.2, 0) is 17.8 Å². The van der Waals surface area contributed by atoms with Gasteiger partial charge in [0.25, 0.3) is 11.1 Å². The van der Waals surface area contributed by atoms with E-state index in [-0.39, 0.29) is 11.8 Å². The van der Waals surface area contributed by atoms with E-state index in [9.17, 15) is 9.59 Å². The molecule has 7 heteroatoms. The molecule has 0 aliphatic carbocycles. The summed E-state index contributed by atoms with van der Waals surface area (Å²) in [5, 5.41) is 0.278. The lowest BCUT2D eigenvalue weighted by Crippen LogP contribution is -2.28. The van der Waals surface area contributed by atoms with Gasteiger partial charge in [0.1, 0.15) is 6.61 Å². The lowest BCUT2D eigenvalue weighted by molar-refractivity contribution is -0.122. The van der Waals surface area contributed by atoms with E-state index in [1.807, 2.05) is 18.2 Å². The van der Waals surface area contributed by atoms with Gasteiger partial charge in [0, 0.05) is 10.6 Å². The number of amides is 2. The summed E-state index contributed by atoms with van der Waals surface area (Å²) >= 11 is 6.80. The molecule has 158 valence electrons. The van der Waals surface area contributed by atoms with Crippen molar-refractivity contribution in [1.29, 1.82) is 0 Å². The number of hydrogen-bond donors (Lipinski definition) is 0. The van der Waals surface area contributed by atoms with Crippen molar-refractivity contribution in [2.24, 2.45) is 0 Å². The van der Waals surface area contributed by atoms with Crippen LogP contribution in [0.5, 0.6) is 11.5 Å². The first-order chi connectivity index (χ1) is 15.0. The Morgan fingerprint density at radius 2 is 2.00 bits per heavy atom. The standard InChI is InChI=1S/C24H20ClNO4S/c1-4-6-18-12-17(14-21-23(27)26(11-5-2)24(28)31-21)13-20(29-3)22(18)30-15-16-7-9-19(25)10-8-16/h2,4,7-10,12-14H,1,6,11,15H2,3H3/b21-14-. The fraction of sp³-hybridized carbons (Fsp3) is 0.167. The number of imide groups is 1. The molecule has 2 aromatic rings.